The first-order valence-corrected chi connectivity index (χ1v) is 8.38. The second-order valence-corrected chi connectivity index (χ2v) is 6.07. The van der Waals surface area contributed by atoms with Crippen LogP contribution in [0.1, 0.15) is 18.2 Å². The SMILES string of the molecule is CCNC(=NCc1ccc(O)cc1)NCc1csc(N(C)C)n1.I. The Hall–Kier alpha value is -1.55. The van der Waals surface area contributed by atoms with Crippen LogP contribution in [0.5, 0.6) is 5.75 Å². The molecular formula is C16H24IN5OS. The second-order valence-electron chi connectivity index (χ2n) is 5.23. The number of thiazole rings is 1. The molecule has 0 atom stereocenters. The molecule has 2 rings (SSSR count). The molecule has 0 amide bonds. The Balaban J connectivity index is 0.00000288. The Morgan fingerprint density at radius 3 is 2.54 bits per heavy atom. The van der Waals surface area contributed by atoms with E-state index in [-0.39, 0.29) is 29.7 Å². The lowest BCUT2D eigenvalue weighted by atomic mass is 10.2. The van der Waals surface area contributed by atoms with Crippen molar-refractivity contribution in [3.8, 4) is 5.75 Å². The summed E-state index contributed by atoms with van der Waals surface area (Å²) in [6, 6.07) is 7.07. The number of guanidine groups is 1. The van der Waals surface area contributed by atoms with Crippen LogP contribution in [0.3, 0.4) is 0 Å². The van der Waals surface area contributed by atoms with E-state index in [0.29, 0.717) is 13.1 Å². The third-order valence-electron chi connectivity index (χ3n) is 3.06. The van der Waals surface area contributed by atoms with Crippen molar-refractivity contribution in [2.24, 2.45) is 4.99 Å². The number of phenols is 1. The van der Waals surface area contributed by atoms with E-state index in [1.54, 1.807) is 23.5 Å². The van der Waals surface area contributed by atoms with Crippen LogP contribution >= 0.6 is 35.3 Å². The third kappa shape index (κ3) is 6.52. The van der Waals surface area contributed by atoms with Gasteiger partial charge in [0, 0.05) is 26.0 Å². The first-order chi connectivity index (χ1) is 11.1. The molecule has 0 aliphatic rings. The number of nitrogens with one attached hydrogen (secondary N) is 2. The van der Waals surface area contributed by atoms with E-state index in [1.165, 1.54) is 0 Å². The van der Waals surface area contributed by atoms with Gasteiger partial charge in [0.1, 0.15) is 5.75 Å². The van der Waals surface area contributed by atoms with E-state index < -0.39 is 0 Å². The molecule has 0 aliphatic carbocycles. The molecule has 0 fully saturated rings. The standard InChI is InChI=1S/C16H23N5OS.HI/c1-4-17-15(18-9-12-5-7-14(22)8-6-12)19-10-13-11-23-16(20-13)21(2)3;/h5-8,11,22H,4,9-10H2,1-3H3,(H2,17,18,19);1H. The third-order valence-corrected chi connectivity index (χ3v) is 4.12. The Morgan fingerprint density at radius 1 is 1.25 bits per heavy atom. The summed E-state index contributed by atoms with van der Waals surface area (Å²) in [5, 5.41) is 18.8. The Labute approximate surface area is 164 Å². The fourth-order valence-corrected chi connectivity index (χ4v) is 2.63. The van der Waals surface area contributed by atoms with Crippen LogP contribution in [-0.2, 0) is 13.1 Å². The minimum Gasteiger partial charge on any atom is -0.508 e. The summed E-state index contributed by atoms with van der Waals surface area (Å²) in [6.45, 7) is 4.01. The fourth-order valence-electron chi connectivity index (χ4n) is 1.87. The summed E-state index contributed by atoms with van der Waals surface area (Å²) < 4.78 is 0. The van der Waals surface area contributed by atoms with Gasteiger partial charge in [-0.2, -0.15) is 0 Å². The molecule has 6 nitrogen and oxygen atoms in total. The van der Waals surface area contributed by atoms with Crippen LogP contribution in [0.2, 0.25) is 0 Å². The Bertz CT molecular complexity index is 642. The molecule has 0 bridgehead atoms. The summed E-state index contributed by atoms with van der Waals surface area (Å²) in [5.41, 5.74) is 2.04. The highest BCUT2D eigenvalue weighted by Crippen LogP contribution is 2.17. The predicted molar refractivity (Wildman–Crippen MR) is 112 cm³/mol. The zero-order chi connectivity index (χ0) is 16.7. The number of halogens is 1. The normalized spacial score (nSPS) is 10.9. The zero-order valence-electron chi connectivity index (χ0n) is 14.1. The van der Waals surface area contributed by atoms with Gasteiger partial charge in [-0.3, -0.25) is 0 Å². The van der Waals surface area contributed by atoms with Crippen LogP contribution < -0.4 is 15.5 Å². The molecule has 0 spiro atoms. The van der Waals surface area contributed by atoms with E-state index >= 15 is 0 Å². The molecule has 0 unspecified atom stereocenters. The van der Waals surface area contributed by atoms with Crippen molar-refractivity contribution in [3.63, 3.8) is 0 Å². The number of anilines is 1. The van der Waals surface area contributed by atoms with Gasteiger partial charge >= 0.3 is 0 Å². The highest BCUT2D eigenvalue weighted by atomic mass is 127. The van der Waals surface area contributed by atoms with Gasteiger partial charge in [-0.25, -0.2) is 9.98 Å². The van der Waals surface area contributed by atoms with Crippen molar-refractivity contribution in [3.05, 3.63) is 40.9 Å². The molecular weight excluding hydrogens is 437 g/mol. The predicted octanol–water partition coefficient (Wildman–Crippen LogP) is 2.79. The van der Waals surface area contributed by atoms with Crippen molar-refractivity contribution in [2.75, 3.05) is 25.5 Å². The molecule has 0 radical (unpaired) electrons. The number of rotatable bonds is 6. The maximum Gasteiger partial charge on any atom is 0.191 e. The first kappa shape index (κ1) is 20.5. The number of nitrogens with zero attached hydrogens (tertiary/aromatic N) is 3. The van der Waals surface area contributed by atoms with E-state index in [4.69, 9.17) is 0 Å². The van der Waals surface area contributed by atoms with Crippen molar-refractivity contribution in [1.29, 1.82) is 0 Å². The highest BCUT2D eigenvalue weighted by Gasteiger charge is 2.04. The zero-order valence-corrected chi connectivity index (χ0v) is 17.3. The van der Waals surface area contributed by atoms with Crippen LogP contribution in [0, 0.1) is 0 Å². The lowest BCUT2D eigenvalue weighted by molar-refractivity contribution is 0.475. The molecule has 1 heterocycles. The van der Waals surface area contributed by atoms with Crippen LogP contribution in [0.25, 0.3) is 0 Å². The molecule has 3 N–H and O–H groups in total. The lowest BCUT2D eigenvalue weighted by Gasteiger charge is -2.10. The van der Waals surface area contributed by atoms with E-state index in [2.05, 4.69) is 20.6 Å². The summed E-state index contributed by atoms with van der Waals surface area (Å²) in [5.74, 6) is 1.02. The van der Waals surface area contributed by atoms with Gasteiger partial charge in [0.25, 0.3) is 0 Å². The smallest absolute Gasteiger partial charge is 0.191 e. The maximum atomic E-state index is 9.30. The number of aromatic hydroxyl groups is 1. The fraction of sp³-hybridized carbons (Fsp3) is 0.375. The molecule has 1 aromatic heterocycles. The number of aromatic nitrogens is 1. The number of hydrogen-bond donors (Lipinski definition) is 3. The van der Waals surface area contributed by atoms with E-state index in [0.717, 1.165) is 28.9 Å². The molecule has 132 valence electrons. The monoisotopic (exact) mass is 461 g/mol. The summed E-state index contributed by atoms with van der Waals surface area (Å²) in [7, 11) is 3.97. The quantitative estimate of drug-likeness (QED) is 0.351. The van der Waals surface area contributed by atoms with E-state index in [1.807, 2.05) is 43.4 Å². The maximum absolute atomic E-state index is 9.30. The van der Waals surface area contributed by atoms with Crippen LogP contribution in [0.4, 0.5) is 5.13 Å². The van der Waals surface area contributed by atoms with Gasteiger partial charge in [-0.15, -0.1) is 35.3 Å². The molecule has 1 aromatic carbocycles. The van der Waals surface area contributed by atoms with Crippen LogP contribution in [-0.4, -0.2) is 36.7 Å². The molecule has 0 saturated heterocycles. The second kappa shape index (κ2) is 10.3. The lowest BCUT2D eigenvalue weighted by Crippen LogP contribution is -2.36. The van der Waals surface area contributed by atoms with E-state index in [9.17, 15) is 5.11 Å². The summed E-state index contributed by atoms with van der Waals surface area (Å²) in [4.78, 5) is 11.1. The number of benzene rings is 1. The van der Waals surface area contributed by atoms with Gasteiger partial charge in [-0.05, 0) is 24.6 Å². The minimum absolute atomic E-state index is 0. The molecule has 0 aliphatic heterocycles. The van der Waals surface area contributed by atoms with Crippen molar-refractivity contribution >= 4 is 46.4 Å². The highest BCUT2D eigenvalue weighted by molar-refractivity contribution is 14.0. The van der Waals surface area contributed by atoms with Crippen molar-refractivity contribution in [2.45, 2.75) is 20.0 Å². The van der Waals surface area contributed by atoms with Crippen LogP contribution in [0.15, 0.2) is 34.6 Å². The first-order valence-electron chi connectivity index (χ1n) is 7.50. The van der Waals surface area contributed by atoms with Crippen molar-refractivity contribution < 1.29 is 5.11 Å². The van der Waals surface area contributed by atoms with Gasteiger partial charge < -0.3 is 20.6 Å². The van der Waals surface area contributed by atoms with Gasteiger partial charge in [0.05, 0.1) is 18.8 Å². The Kier molecular flexibility index (Phi) is 8.83. The number of phenolic OH excluding ortho intramolecular Hbond substituents is 1. The number of aliphatic imine (C=N–C) groups is 1. The number of hydrogen-bond acceptors (Lipinski definition) is 5. The summed E-state index contributed by atoms with van der Waals surface area (Å²) in [6.07, 6.45) is 0. The average molecular weight is 461 g/mol. The largest absolute Gasteiger partial charge is 0.508 e. The minimum atomic E-state index is 0. The summed E-state index contributed by atoms with van der Waals surface area (Å²) >= 11 is 1.63. The van der Waals surface area contributed by atoms with Gasteiger partial charge in [-0.1, -0.05) is 12.1 Å². The molecule has 2 aromatic rings. The average Bonchev–Trinajstić information content (AvgIpc) is 3.01. The topological polar surface area (TPSA) is 72.8 Å². The van der Waals surface area contributed by atoms with Gasteiger partial charge in [0.15, 0.2) is 11.1 Å². The van der Waals surface area contributed by atoms with Gasteiger partial charge in [0.2, 0.25) is 0 Å². The molecule has 8 heteroatoms. The molecule has 24 heavy (non-hydrogen) atoms. The van der Waals surface area contributed by atoms with Crippen molar-refractivity contribution in [1.82, 2.24) is 15.6 Å². The Morgan fingerprint density at radius 2 is 1.96 bits per heavy atom. The molecule has 0 saturated carbocycles.